The van der Waals surface area contributed by atoms with Gasteiger partial charge in [0.1, 0.15) is 11.6 Å². The molecule has 4 rings (SSSR count). The maximum atomic E-state index is 13.5. The second-order valence-corrected chi connectivity index (χ2v) is 6.94. The van der Waals surface area contributed by atoms with Crippen LogP contribution < -0.4 is 10.2 Å². The number of amides is 3. The van der Waals surface area contributed by atoms with Gasteiger partial charge in [-0.05, 0) is 48.4 Å². The van der Waals surface area contributed by atoms with Gasteiger partial charge in [0.15, 0.2) is 5.76 Å². The molecule has 6 nitrogen and oxygen atoms in total. The summed E-state index contributed by atoms with van der Waals surface area (Å²) in [5, 5.41) is 2.77. The van der Waals surface area contributed by atoms with Crippen LogP contribution in [0.3, 0.4) is 0 Å². The molecule has 8 heteroatoms. The van der Waals surface area contributed by atoms with E-state index in [2.05, 4.69) is 5.32 Å². The molecule has 1 saturated heterocycles. The molecular formula is C22H19F2N3O3. The summed E-state index contributed by atoms with van der Waals surface area (Å²) in [7, 11) is 0. The van der Waals surface area contributed by atoms with E-state index in [9.17, 15) is 18.4 Å². The van der Waals surface area contributed by atoms with Crippen molar-refractivity contribution in [3.05, 3.63) is 83.8 Å². The molecule has 2 heterocycles. The van der Waals surface area contributed by atoms with Crippen molar-refractivity contribution < 1.29 is 22.8 Å². The van der Waals surface area contributed by atoms with E-state index >= 15 is 0 Å². The van der Waals surface area contributed by atoms with Crippen LogP contribution in [0.5, 0.6) is 0 Å². The first kappa shape index (κ1) is 19.6. The minimum atomic E-state index is -0.683. The number of carbonyl (C=O) groups excluding carboxylic acids is 2. The zero-order valence-corrected chi connectivity index (χ0v) is 16.0. The highest BCUT2D eigenvalue weighted by Gasteiger charge is 2.29. The fraction of sp³-hybridized carbons (Fsp3) is 0.182. The quantitative estimate of drug-likeness (QED) is 0.665. The zero-order chi connectivity index (χ0) is 21.1. The first-order chi connectivity index (χ1) is 14.5. The van der Waals surface area contributed by atoms with Crippen LogP contribution in [-0.2, 0) is 6.54 Å². The third-order valence-corrected chi connectivity index (χ3v) is 4.79. The van der Waals surface area contributed by atoms with Gasteiger partial charge in [-0.15, -0.1) is 0 Å². The van der Waals surface area contributed by atoms with Gasteiger partial charge in [-0.2, -0.15) is 0 Å². The van der Waals surface area contributed by atoms with Crippen molar-refractivity contribution in [2.45, 2.75) is 13.0 Å². The van der Waals surface area contributed by atoms with E-state index in [0.717, 1.165) is 6.07 Å². The molecule has 0 saturated carbocycles. The molecule has 1 N–H and O–H groups in total. The summed E-state index contributed by atoms with van der Waals surface area (Å²) in [6.07, 6.45) is 2.08. The molecule has 0 spiro atoms. The summed E-state index contributed by atoms with van der Waals surface area (Å²) in [5.74, 6) is -1.64. The lowest BCUT2D eigenvalue weighted by Crippen LogP contribution is -2.49. The summed E-state index contributed by atoms with van der Waals surface area (Å²) < 4.78 is 32.1. The third kappa shape index (κ3) is 4.17. The number of para-hydroxylation sites is 2. The van der Waals surface area contributed by atoms with Crippen molar-refractivity contribution in [1.82, 2.24) is 4.90 Å². The maximum Gasteiger partial charge on any atom is 0.324 e. The molecule has 0 unspecified atom stereocenters. The van der Waals surface area contributed by atoms with Gasteiger partial charge in [0, 0.05) is 25.7 Å². The number of carbonyl (C=O) groups is 2. The van der Waals surface area contributed by atoms with Gasteiger partial charge in [-0.25, -0.2) is 13.6 Å². The Balaban J connectivity index is 1.55. The fourth-order valence-electron chi connectivity index (χ4n) is 3.48. The SMILES string of the molecule is O=C(Nc1ccccc1N1CCCN(Cc2cc(F)cc(F)c2)C1=O)c1ccco1. The third-order valence-electron chi connectivity index (χ3n) is 4.79. The summed E-state index contributed by atoms with van der Waals surface area (Å²) in [6, 6.07) is 13.0. The highest BCUT2D eigenvalue weighted by atomic mass is 19.1. The Labute approximate surface area is 171 Å². The van der Waals surface area contributed by atoms with E-state index in [1.807, 2.05) is 0 Å². The van der Waals surface area contributed by atoms with Crippen LogP contribution in [0, 0.1) is 11.6 Å². The first-order valence-electron chi connectivity index (χ1n) is 9.46. The number of furan rings is 1. The van der Waals surface area contributed by atoms with Crippen molar-refractivity contribution in [3.8, 4) is 0 Å². The Hall–Kier alpha value is -3.68. The second kappa shape index (κ2) is 8.36. The molecule has 1 fully saturated rings. The van der Waals surface area contributed by atoms with Crippen LogP contribution in [0.15, 0.2) is 65.3 Å². The minimum absolute atomic E-state index is 0.0882. The molecule has 0 radical (unpaired) electrons. The largest absolute Gasteiger partial charge is 0.459 e. The molecule has 2 aromatic carbocycles. The van der Waals surface area contributed by atoms with Crippen LogP contribution in [0.2, 0.25) is 0 Å². The van der Waals surface area contributed by atoms with E-state index in [4.69, 9.17) is 4.42 Å². The average molecular weight is 411 g/mol. The Kier molecular flexibility index (Phi) is 5.47. The highest BCUT2D eigenvalue weighted by molar-refractivity contribution is 6.06. The zero-order valence-electron chi connectivity index (χ0n) is 16.0. The minimum Gasteiger partial charge on any atom is -0.459 e. The number of benzene rings is 2. The van der Waals surface area contributed by atoms with Crippen molar-refractivity contribution in [2.75, 3.05) is 23.3 Å². The fourth-order valence-corrected chi connectivity index (χ4v) is 3.48. The smallest absolute Gasteiger partial charge is 0.324 e. The molecule has 3 amide bonds. The van der Waals surface area contributed by atoms with Crippen molar-refractivity contribution in [3.63, 3.8) is 0 Å². The van der Waals surface area contributed by atoms with E-state index in [1.54, 1.807) is 41.3 Å². The second-order valence-electron chi connectivity index (χ2n) is 6.94. The molecule has 0 atom stereocenters. The van der Waals surface area contributed by atoms with Crippen molar-refractivity contribution in [2.24, 2.45) is 0 Å². The van der Waals surface area contributed by atoms with Gasteiger partial charge >= 0.3 is 6.03 Å². The van der Waals surface area contributed by atoms with Crippen LogP contribution in [0.4, 0.5) is 25.0 Å². The molecular weight excluding hydrogens is 392 g/mol. The summed E-state index contributed by atoms with van der Waals surface area (Å²) in [5.41, 5.74) is 1.38. The van der Waals surface area contributed by atoms with Gasteiger partial charge in [0.2, 0.25) is 0 Å². The number of hydrogen-bond donors (Lipinski definition) is 1. The first-order valence-corrected chi connectivity index (χ1v) is 9.46. The summed E-state index contributed by atoms with van der Waals surface area (Å²) in [4.78, 5) is 28.6. The van der Waals surface area contributed by atoms with E-state index in [1.165, 1.54) is 23.3 Å². The number of rotatable bonds is 5. The van der Waals surface area contributed by atoms with Gasteiger partial charge in [0.25, 0.3) is 5.91 Å². The van der Waals surface area contributed by atoms with E-state index in [-0.39, 0.29) is 18.3 Å². The Morgan fingerprint density at radius 3 is 2.53 bits per heavy atom. The predicted molar refractivity (Wildman–Crippen MR) is 107 cm³/mol. The van der Waals surface area contributed by atoms with Gasteiger partial charge in [-0.1, -0.05) is 12.1 Å². The molecule has 1 aliphatic heterocycles. The molecule has 0 aliphatic carbocycles. The summed E-state index contributed by atoms with van der Waals surface area (Å²) in [6.45, 7) is 1.01. The number of hydrogen-bond acceptors (Lipinski definition) is 3. The number of nitrogens with one attached hydrogen (secondary N) is 1. The van der Waals surface area contributed by atoms with Crippen LogP contribution >= 0.6 is 0 Å². The average Bonchev–Trinajstić information content (AvgIpc) is 3.25. The van der Waals surface area contributed by atoms with Crippen LogP contribution in [-0.4, -0.2) is 29.9 Å². The molecule has 3 aromatic rings. The standard InChI is InChI=1S/C22H19F2N3O3/c23-16-11-15(12-17(24)13-16)14-26-8-4-9-27(22(26)29)19-6-2-1-5-18(19)25-21(28)20-7-3-10-30-20/h1-3,5-7,10-13H,4,8-9,14H2,(H,25,28). The lowest BCUT2D eigenvalue weighted by Gasteiger charge is -2.36. The summed E-state index contributed by atoms with van der Waals surface area (Å²) >= 11 is 0. The number of anilines is 2. The monoisotopic (exact) mass is 411 g/mol. The van der Waals surface area contributed by atoms with E-state index in [0.29, 0.717) is 36.4 Å². The normalized spacial score (nSPS) is 14.1. The molecule has 0 bridgehead atoms. The van der Waals surface area contributed by atoms with Crippen molar-refractivity contribution in [1.29, 1.82) is 0 Å². The van der Waals surface area contributed by atoms with Crippen molar-refractivity contribution >= 4 is 23.3 Å². The van der Waals surface area contributed by atoms with Gasteiger partial charge in [0.05, 0.1) is 17.6 Å². The lowest BCUT2D eigenvalue weighted by molar-refractivity contribution is 0.0996. The Morgan fingerprint density at radius 1 is 1.03 bits per heavy atom. The predicted octanol–water partition coefficient (Wildman–Crippen LogP) is 4.64. The van der Waals surface area contributed by atoms with Crippen LogP contribution in [0.25, 0.3) is 0 Å². The number of nitrogens with zero attached hydrogens (tertiary/aromatic N) is 2. The molecule has 1 aromatic heterocycles. The molecule has 154 valence electrons. The topological polar surface area (TPSA) is 65.8 Å². The number of urea groups is 1. The lowest BCUT2D eigenvalue weighted by atomic mass is 10.1. The van der Waals surface area contributed by atoms with Gasteiger partial charge < -0.3 is 14.6 Å². The Bertz CT molecular complexity index is 1050. The van der Waals surface area contributed by atoms with Gasteiger partial charge in [-0.3, -0.25) is 9.69 Å². The highest BCUT2D eigenvalue weighted by Crippen LogP contribution is 2.29. The number of halogens is 2. The van der Waals surface area contributed by atoms with Crippen LogP contribution in [0.1, 0.15) is 22.5 Å². The molecule has 1 aliphatic rings. The Morgan fingerprint density at radius 2 is 1.80 bits per heavy atom. The maximum absolute atomic E-state index is 13.5. The molecule has 30 heavy (non-hydrogen) atoms. The van der Waals surface area contributed by atoms with E-state index < -0.39 is 17.5 Å².